The van der Waals surface area contributed by atoms with Crippen LogP contribution in [0.1, 0.15) is 59.8 Å². The summed E-state index contributed by atoms with van der Waals surface area (Å²) in [5.41, 5.74) is 3.03. The van der Waals surface area contributed by atoms with Gasteiger partial charge in [-0.3, -0.25) is 9.59 Å². The molecule has 2 aliphatic rings. The van der Waals surface area contributed by atoms with Crippen LogP contribution in [0.4, 0.5) is 4.39 Å². The summed E-state index contributed by atoms with van der Waals surface area (Å²) in [6.07, 6.45) is 1.71. The van der Waals surface area contributed by atoms with Crippen LogP contribution in [0.5, 0.6) is 0 Å². The zero-order chi connectivity index (χ0) is 25.2. The first kappa shape index (κ1) is 24.2. The number of halogens is 1. The Kier molecular flexibility index (Phi) is 6.87. The van der Waals surface area contributed by atoms with Crippen molar-refractivity contribution in [1.29, 1.82) is 0 Å². The molecule has 36 heavy (non-hydrogen) atoms. The molecule has 2 atom stereocenters. The van der Waals surface area contributed by atoms with Crippen molar-refractivity contribution in [2.24, 2.45) is 0 Å². The highest BCUT2D eigenvalue weighted by Crippen LogP contribution is 2.44. The Morgan fingerprint density at radius 1 is 1.17 bits per heavy atom. The van der Waals surface area contributed by atoms with Crippen LogP contribution in [0, 0.1) is 5.82 Å². The van der Waals surface area contributed by atoms with Gasteiger partial charge in [0.1, 0.15) is 17.7 Å². The van der Waals surface area contributed by atoms with Gasteiger partial charge in [0.2, 0.25) is 0 Å². The summed E-state index contributed by atoms with van der Waals surface area (Å²) in [4.78, 5) is 32.0. The topological polar surface area (TPSA) is 84.7 Å². The Bertz CT molecular complexity index is 1240. The van der Waals surface area contributed by atoms with Gasteiger partial charge in [-0.25, -0.2) is 9.37 Å². The molecule has 0 unspecified atom stereocenters. The minimum atomic E-state index is -0.706. The molecule has 1 amide bonds. The highest BCUT2D eigenvalue weighted by atomic mass is 19.1. The molecular weight excluding hydrogens is 461 g/mol. The van der Waals surface area contributed by atoms with Crippen molar-refractivity contribution in [1.82, 2.24) is 14.5 Å². The van der Waals surface area contributed by atoms with Gasteiger partial charge in [-0.05, 0) is 42.7 Å². The maximum atomic E-state index is 13.7. The second kappa shape index (κ2) is 10.2. The Balaban J connectivity index is 1.48. The normalized spacial score (nSPS) is 19.7. The van der Waals surface area contributed by atoms with Crippen LogP contribution in [-0.2, 0) is 22.6 Å². The Morgan fingerprint density at radius 3 is 2.56 bits per heavy atom. The van der Waals surface area contributed by atoms with Gasteiger partial charge >= 0.3 is 5.97 Å². The number of nitrogens with zero attached hydrogens (tertiary/aromatic N) is 3. The summed E-state index contributed by atoms with van der Waals surface area (Å²) < 4.78 is 21.2. The Hall–Kier alpha value is -3.52. The molecule has 8 heteroatoms. The molecule has 188 valence electrons. The van der Waals surface area contributed by atoms with E-state index in [1.165, 1.54) is 12.1 Å². The first-order valence-electron chi connectivity index (χ1n) is 12.4. The van der Waals surface area contributed by atoms with E-state index < -0.39 is 18.2 Å². The monoisotopic (exact) mass is 491 g/mol. The lowest BCUT2D eigenvalue weighted by molar-refractivity contribution is -0.160. The zero-order valence-electron chi connectivity index (χ0n) is 20.3. The van der Waals surface area contributed by atoms with Crippen molar-refractivity contribution in [2.45, 2.75) is 63.3 Å². The maximum absolute atomic E-state index is 13.7. The predicted octanol–water partition coefficient (Wildman–Crippen LogP) is 4.30. The van der Waals surface area contributed by atoms with Gasteiger partial charge in [0.25, 0.3) is 5.91 Å². The number of cyclic esters (lactones) is 1. The highest BCUT2D eigenvalue weighted by Gasteiger charge is 2.36. The number of esters is 1. The second-order valence-electron chi connectivity index (χ2n) is 9.74. The summed E-state index contributed by atoms with van der Waals surface area (Å²) in [5, 5.41) is 10.0. The fourth-order valence-electron chi connectivity index (χ4n) is 4.86. The molecule has 1 aromatic heterocycles. The van der Waals surface area contributed by atoms with E-state index in [9.17, 15) is 19.1 Å². The number of aromatic nitrogens is 2. The van der Waals surface area contributed by atoms with E-state index in [0.29, 0.717) is 43.0 Å². The molecule has 1 aliphatic carbocycles. The fourth-order valence-corrected chi connectivity index (χ4v) is 4.86. The minimum Gasteiger partial charge on any atom is -0.462 e. The lowest BCUT2D eigenvalue weighted by atomic mass is 10.0. The number of hydrogen-bond acceptors (Lipinski definition) is 5. The summed E-state index contributed by atoms with van der Waals surface area (Å²) >= 11 is 0. The van der Waals surface area contributed by atoms with Gasteiger partial charge in [-0.15, -0.1) is 0 Å². The molecule has 5 rings (SSSR count). The van der Waals surface area contributed by atoms with Crippen molar-refractivity contribution >= 4 is 11.9 Å². The average molecular weight is 492 g/mol. The first-order chi connectivity index (χ1) is 17.4. The summed E-state index contributed by atoms with van der Waals surface area (Å²) in [7, 11) is 1.77. The van der Waals surface area contributed by atoms with E-state index in [1.54, 1.807) is 24.1 Å². The van der Waals surface area contributed by atoms with Crippen LogP contribution in [0.2, 0.25) is 0 Å². The number of imidazole rings is 1. The van der Waals surface area contributed by atoms with Crippen LogP contribution in [-0.4, -0.2) is 50.7 Å². The molecule has 1 saturated carbocycles. The summed E-state index contributed by atoms with van der Waals surface area (Å²) in [5.74, 6) is -0.0982. The largest absolute Gasteiger partial charge is 0.462 e. The predicted molar refractivity (Wildman–Crippen MR) is 132 cm³/mol. The molecule has 3 aromatic rings. The minimum absolute atomic E-state index is 0.0160. The van der Waals surface area contributed by atoms with Crippen LogP contribution in [0.25, 0.3) is 11.4 Å². The van der Waals surface area contributed by atoms with E-state index in [-0.39, 0.29) is 24.1 Å². The van der Waals surface area contributed by atoms with Crippen molar-refractivity contribution in [3.63, 3.8) is 0 Å². The third-order valence-corrected chi connectivity index (χ3v) is 6.80. The fraction of sp³-hybridized carbons (Fsp3) is 0.393. The van der Waals surface area contributed by atoms with E-state index >= 15 is 0 Å². The number of carbonyl (C=O) groups is 2. The van der Waals surface area contributed by atoms with E-state index in [2.05, 4.69) is 0 Å². The summed E-state index contributed by atoms with van der Waals surface area (Å²) in [6, 6.07) is 15.9. The smallest absolute Gasteiger partial charge is 0.308 e. The van der Waals surface area contributed by atoms with Crippen LogP contribution in [0.3, 0.4) is 0 Å². The van der Waals surface area contributed by atoms with Gasteiger partial charge in [0, 0.05) is 44.5 Å². The molecule has 1 saturated heterocycles. The van der Waals surface area contributed by atoms with Gasteiger partial charge in [0.05, 0.1) is 18.2 Å². The molecule has 1 N–H and O–H groups in total. The molecule has 0 bridgehead atoms. The number of hydrogen-bond donors (Lipinski definition) is 1. The van der Waals surface area contributed by atoms with Crippen molar-refractivity contribution < 1.29 is 23.8 Å². The molecule has 2 aromatic carbocycles. The van der Waals surface area contributed by atoms with Crippen molar-refractivity contribution in [3.05, 3.63) is 77.4 Å². The van der Waals surface area contributed by atoms with Crippen LogP contribution >= 0.6 is 0 Å². The van der Waals surface area contributed by atoms with Crippen molar-refractivity contribution in [2.75, 3.05) is 7.05 Å². The first-order valence-corrected chi connectivity index (χ1v) is 12.4. The number of benzene rings is 2. The number of ether oxygens (including phenoxy) is 1. The quantitative estimate of drug-likeness (QED) is 0.475. The average Bonchev–Trinajstić information content (AvgIpc) is 3.63. The molecule has 2 fully saturated rings. The lowest BCUT2D eigenvalue weighted by Crippen LogP contribution is -2.33. The van der Waals surface area contributed by atoms with E-state index in [1.807, 2.05) is 34.9 Å². The van der Waals surface area contributed by atoms with Crippen LogP contribution < -0.4 is 0 Å². The second-order valence-corrected chi connectivity index (χ2v) is 9.74. The summed E-state index contributed by atoms with van der Waals surface area (Å²) in [6.45, 7) is 0.921. The number of rotatable bonds is 8. The van der Waals surface area contributed by atoms with Crippen LogP contribution in [0.15, 0.2) is 54.6 Å². The Labute approximate surface area is 209 Å². The molecule has 7 nitrogen and oxygen atoms in total. The third-order valence-electron chi connectivity index (χ3n) is 6.80. The molecule has 1 aliphatic heterocycles. The molecule has 0 radical (unpaired) electrons. The maximum Gasteiger partial charge on any atom is 0.308 e. The van der Waals surface area contributed by atoms with Gasteiger partial charge < -0.3 is 19.3 Å². The molecule has 0 spiro atoms. The lowest BCUT2D eigenvalue weighted by Gasteiger charge is -2.26. The van der Waals surface area contributed by atoms with Gasteiger partial charge in [0.15, 0.2) is 5.69 Å². The third kappa shape index (κ3) is 5.33. The van der Waals surface area contributed by atoms with Gasteiger partial charge in [-0.1, -0.05) is 30.3 Å². The number of carbonyl (C=O) groups excluding carboxylic acids is 2. The van der Waals surface area contributed by atoms with Gasteiger partial charge in [-0.2, -0.15) is 0 Å². The zero-order valence-corrected chi connectivity index (χ0v) is 20.3. The molecular formula is C28H30FN3O4. The van der Waals surface area contributed by atoms with E-state index in [4.69, 9.17) is 9.72 Å². The standard InChI is InChI=1S/C28H30FN3O4/c1-31(17-18-5-3-2-4-6-18)28(35)25-26(19-7-8-19)32(14-13-23-15-22(33)16-24(34)36-23)27(30-25)20-9-11-21(29)12-10-20/h2-6,9-12,19,22-23,33H,7-8,13-17H2,1H3/t22-,23-/m1/s1. The Morgan fingerprint density at radius 2 is 1.89 bits per heavy atom. The molecule has 2 heterocycles. The SMILES string of the molecule is CN(Cc1ccccc1)C(=O)c1nc(-c2ccc(F)cc2)n(CC[C@@H]2C[C@@H](O)CC(=O)O2)c1C1CC1. The highest BCUT2D eigenvalue weighted by molar-refractivity contribution is 5.94. The van der Waals surface area contributed by atoms with E-state index in [0.717, 1.165) is 24.1 Å². The van der Waals surface area contributed by atoms with Crippen molar-refractivity contribution in [3.8, 4) is 11.4 Å². The number of aliphatic hydroxyl groups is 1. The number of aliphatic hydroxyl groups excluding tert-OH is 1. The number of amides is 1.